The molecule has 0 aromatic heterocycles. The largest absolute Gasteiger partial charge is 0.378 e. The Morgan fingerprint density at radius 1 is 0.846 bits per heavy atom. The number of rotatable bonds is 6. The fourth-order valence-corrected chi connectivity index (χ4v) is 3.29. The van der Waals surface area contributed by atoms with Crippen molar-refractivity contribution in [2.24, 2.45) is 0 Å². The molecular weight excluding hydrogens is 477 g/mol. The van der Waals surface area contributed by atoms with Crippen LogP contribution in [-0.4, -0.2) is 5.78 Å². The summed E-state index contributed by atoms with van der Waals surface area (Å²) in [7, 11) is 0. The maximum absolute atomic E-state index is 12.8. The first-order chi connectivity index (χ1) is 12.5. The zero-order chi connectivity index (χ0) is 18.5. The van der Waals surface area contributed by atoms with Crippen LogP contribution in [0.25, 0.3) is 0 Å². The van der Waals surface area contributed by atoms with Crippen LogP contribution in [0, 0.1) is 0 Å². The van der Waals surface area contributed by atoms with Gasteiger partial charge in [-0.1, -0.05) is 67.7 Å². The molecule has 1 N–H and O–H groups in total. The van der Waals surface area contributed by atoms with Crippen LogP contribution in [0.4, 0.5) is 5.69 Å². The summed E-state index contributed by atoms with van der Waals surface area (Å²) in [5, 5.41) is 4.13. The van der Waals surface area contributed by atoms with Gasteiger partial charge in [-0.15, -0.1) is 0 Å². The molecule has 0 fully saturated rings. The monoisotopic (exact) mass is 491 g/mol. The predicted molar refractivity (Wildman–Crippen MR) is 115 cm³/mol. The first-order valence-electron chi connectivity index (χ1n) is 8.07. The summed E-state index contributed by atoms with van der Waals surface area (Å²) in [6.45, 7) is 0. The van der Waals surface area contributed by atoms with Crippen molar-refractivity contribution < 1.29 is 4.79 Å². The zero-order valence-electron chi connectivity index (χ0n) is 13.8. The normalized spacial score (nSPS) is 11.8. The van der Waals surface area contributed by atoms with Crippen LogP contribution >= 0.6 is 43.5 Å². The number of carbonyl (C=O) groups excluding carboxylic acids is 1. The van der Waals surface area contributed by atoms with E-state index in [4.69, 9.17) is 11.6 Å². The van der Waals surface area contributed by atoms with Gasteiger partial charge >= 0.3 is 0 Å². The quantitative estimate of drug-likeness (QED) is 0.365. The molecule has 0 bridgehead atoms. The summed E-state index contributed by atoms with van der Waals surface area (Å²) < 4.78 is 1.96. The molecule has 0 radical (unpaired) electrons. The Hall–Kier alpha value is -1.62. The van der Waals surface area contributed by atoms with Crippen molar-refractivity contribution in [1.29, 1.82) is 0 Å². The summed E-state index contributed by atoms with van der Waals surface area (Å²) in [5.74, 6) is 0.0897. The van der Waals surface area contributed by atoms with Gasteiger partial charge in [-0.2, -0.15) is 0 Å². The maximum atomic E-state index is 12.8. The number of nitrogens with one attached hydrogen (secondary N) is 1. The Labute approximate surface area is 174 Å². The molecule has 0 aliphatic rings. The fourth-order valence-electron chi connectivity index (χ4n) is 2.63. The van der Waals surface area contributed by atoms with Crippen LogP contribution in [0.1, 0.15) is 28.4 Å². The number of carbonyl (C=O) groups is 1. The van der Waals surface area contributed by atoms with E-state index in [1.54, 1.807) is 0 Å². The molecule has 0 aliphatic heterocycles. The van der Waals surface area contributed by atoms with Crippen LogP contribution in [0.2, 0.25) is 5.02 Å². The average molecular weight is 494 g/mol. The summed E-state index contributed by atoms with van der Waals surface area (Å²) in [5.41, 5.74) is 2.67. The highest BCUT2D eigenvalue weighted by Crippen LogP contribution is 2.27. The number of anilines is 1. The van der Waals surface area contributed by atoms with E-state index >= 15 is 0 Å². The molecule has 26 heavy (non-hydrogen) atoms. The first kappa shape index (κ1) is 19.2. The maximum Gasteiger partial charge on any atom is 0.165 e. The molecule has 3 rings (SSSR count). The zero-order valence-corrected chi connectivity index (χ0v) is 17.7. The van der Waals surface area contributed by atoms with Crippen molar-refractivity contribution in [1.82, 2.24) is 0 Å². The van der Waals surface area contributed by atoms with Crippen molar-refractivity contribution in [2.75, 3.05) is 5.32 Å². The number of halogens is 3. The minimum Gasteiger partial charge on any atom is -0.378 e. The van der Waals surface area contributed by atoms with Crippen LogP contribution in [0.3, 0.4) is 0 Å². The van der Waals surface area contributed by atoms with Crippen LogP contribution in [-0.2, 0) is 0 Å². The predicted octanol–water partition coefficient (Wildman–Crippen LogP) is 7.29. The van der Waals surface area contributed by atoms with Crippen LogP contribution < -0.4 is 5.32 Å². The molecule has 132 valence electrons. The second kappa shape index (κ2) is 8.85. The molecular formula is C21H16Br2ClNO. The molecule has 2 nitrogen and oxygen atoms in total. The van der Waals surface area contributed by atoms with Crippen molar-refractivity contribution >= 4 is 54.9 Å². The summed E-state index contributed by atoms with van der Waals surface area (Å²) >= 11 is 12.8. The lowest BCUT2D eigenvalue weighted by atomic mass is 9.97. The Balaban J connectivity index is 1.84. The molecule has 5 heteroatoms. The van der Waals surface area contributed by atoms with E-state index in [-0.39, 0.29) is 11.8 Å². The molecule has 1 unspecified atom stereocenters. The molecule has 0 amide bonds. The second-order valence-electron chi connectivity index (χ2n) is 5.89. The van der Waals surface area contributed by atoms with Gasteiger partial charge in [0.05, 0.1) is 6.04 Å². The third kappa shape index (κ3) is 5.19. The SMILES string of the molecule is O=C(CC(Nc1ccc(Cl)cc1)c1ccc(Br)cc1)c1ccc(Br)cc1. The molecule has 0 saturated heterocycles. The topological polar surface area (TPSA) is 29.1 Å². The van der Waals surface area contributed by atoms with Gasteiger partial charge in [-0.25, -0.2) is 0 Å². The summed E-state index contributed by atoms with van der Waals surface area (Å²) in [4.78, 5) is 12.8. The van der Waals surface area contributed by atoms with Gasteiger partial charge in [-0.3, -0.25) is 4.79 Å². The van der Waals surface area contributed by atoms with Gasteiger partial charge in [0.1, 0.15) is 0 Å². The summed E-state index contributed by atoms with van der Waals surface area (Å²) in [6.07, 6.45) is 0.353. The molecule has 3 aromatic carbocycles. The minimum absolute atomic E-state index is 0.0897. The Morgan fingerprint density at radius 2 is 1.38 bits per heavy atom. The highest BCUT2D eigenvalue weighted by atomic mass is 79.9. The van der Waals surface area contributed by atoms with Gasteiger partial charge in [0.25, 0.3) is 0 Å². The van der Waals surface area contributed by atoms with E-state index in [0.29, 0.717) is 17.0 Å². The highest BCUT2D eigenvalue weighted by molar-refractivity contribution is 9.10. The average Bonchev–Trinajstić information content (AvgIpc) is 2.64. The molecule has 0 spiro atoms. The number of benzene rings is 3. The Morgan fingerprint density at radius 3 is 1.96 bits per heavy atom. The number of ketones is 1. The lowest BCUT2D eigenvalue weighted by Gasteiger charge is -2.20. The summed E-state index contributed by atoms with van der Waals surface area (Å²) in [6, 6.07) is 22.8. The standard InChI is InChI=1S/C21H16Br2ClNO/c22-16-5-1-14(2-6-16)20(25-19-11-9-18(24)10-12-19)13-21(26)15-3-7-17(23)8-4-15/h1-12,20,25H,13H2. The number of Topliss-reactive ketones (excluding diaryl/α,β-unsaturated/α-hetero) is 1. The van der Waals surface area contributed by atoms with Gasteiger partial charge in [0.15, 0.2) is 5.78 Å². The van der Waals surface area contributed by atoms with Crippen molar-refractivity contribution in [3.8, 4) is 0 Å². The molecule has 0 heterocycles. The lowest BCUT2D eigenvalue weighted by molar-refractivity contribution is 0.0976. The third-order valence-electron chi connectivity index (χ3n) is 4.01. The van der Waals surface area contributed by atoms with E-state index in [0.717, 1.165) is 20.2 Å². The first-order valence-corrected chi connectivity index (χ1v) is 10.0. The van der Waals surface area contributed by atoms with Gasteiger partial charge in [-0.05, 0) is 54.1 Å². The molecule has 0 saturated carbocycles. The Kier molecular flexibility index (Phi) is 6.52. The third-order valence-corrected chi connectivity index (χ3v) is 5.32. The van der Waals surface area contributed by atoms with Crippen LogP contribution in [0.5, 0.6) is 0 Å². The Bertz CT molecular complexity index is 877. The number of hydrogen-bond donors (Lipinski definition) is 1. The van der Waals surface area contributed by atoms with E-state index in [1.807, 2.05) is 72.8 Å². The smallest absolute Gasteiger partial charge is 0.165 e. The van der Waals surface area contributed by atoms with E-state index in [9.17, 15) is 4.79 Å². The van der Waals surface area contributed by atoms with Crippen molar-refractivity contribution in [2.45, 2.75) is 12.5 Å². The van der Waals surface area contributed by atoms with Crippen LogP contribution in [0.15, 0.2) is 81.7 Å². The molecule has 1 atom stereocenters. The van der Waals surface area contributed by atoms with Gasteiger partial charge in [0.2, 0.25) is 0 Å². The van der Waals surface area contributed by atoms with Gasteiger partial charge < -0.3 is 5.32 Å². The highest BCUT2D eigenvalue weighted by Gasteiger charge is 2.17. The van der Waals surface area contributed by atoms with E-state index in [2.05, 4.69) is 37.2 Å². The van der Waals surface area contributed by atoms with Crippen molar-refractivity contribution in [3.63, 3.8) is 0 Å². The second-order valence-corrected chi connectivity index (χ2v) is 8.16. The van der Waals surface area contributed by atoms with Crippen molar-refractivity contribution in [3.05, 3.63) is 97.9 Å². The molecule has 3 aromatic rings. The minimum atomic E-state index is -0.138. The number of hydrogen-bond acceptors (Lipinski definition) is 2. The lowest BCUT2D eigenvalue weighted by Crippen LogP contribution is -2.15. The fraction of sp³-hybridized carbons (Fsp3) is 0.0952. The molecule has 0 aliphatic carbocycles. The van der Waals surface area contributed by atoms with E-state index in [1.165, 1.54) is 0 Å². The van der Waals surface area contributed by atoms with Gasteiger partial charge in [0, 0.05) is 31.6 Å². The van der Waals surface area contributed by atoms with E-state index < -0.39 is 0 Å².